The number of esters is 3. The molecule has 30 heavy (non-hydrogen) atoms. The first-order valence-corrected chi connectivity index (χ1v) is 9.63. The molecule has 0 amide bonds. The molecular weight excluding hydrogens is 392 g/mol. The van der Waals surface area contributed by atoms with Crippen molar-refractivity contribution in [3.63, 3.8) is 0 Å². The Balaban J connectivity index is 2.34. The van der Waals surface area contributed by atoms with Gasteiger partial charge in [0.15, 0.2) is 0 Å². The zero-order valence-electron chi connectivity index (χ0n) is 17.6. The molecule has 1 saturated heterocycles. The van der Waals surface area contributed by atoms with Crippen LogP contribution >= 0.6 is 0 Å². The Morgan fingerprint density at radius 1 is 1.27 bits per heavy atom. The number of hydrogen-bond donors (Lipinski definition) is 2. The smallest absolute Gasteiger partial charge is 0.334 e. The molecule has 1 fully saturated rings. The van der Waals surface area contributed by atoms with Gasteiger partial charge in [-0.3, -0.25) is 4.79 Å². The second-order valence-electron chi connectivity index (χ2n) is 7.62. The van der Waals surface area contributed by atoms with Gasteiger partial charge in [0.25, 0.3) is 0 Å². The fourth-order valence-electron chi connectivity index (χ4n) is 3.42. The standard InChI is InChI=1S/C22H28O8/c1-11-8-16(24)20(25)13(3)10-18-19(14(4)22(27)30-18)17(9-11)29-21(26)12(2)6-7-28-15(5)23/h6,8,10,16-20,24-25H,4,7,9H2,1-3,5H3/b11-8+,12-6-,13-10+/t16-,17-,18-,19-,20-/m1/s1. The summed E-state index contributed by atoms with van der Waals surface area (Å²) in [6.07, 6.45) is 0.788. The second kappa shape index (κ2) is 9.86. The number of carbonyl (C=O) groups excluding carboxylic acids is 3. The number of hydrogen-bond acceptors (Lipinski definition) is 8. The quantitative estimate of drug-likeness (QED) is 0.304. The molecule has 0 aromatic rings. The molecule has 0 unspecified atom stereocenters. The van der Waals surface area contributed by atoms with E-state index in [0.29, 0.717) is 11.1 Å². The molecule has 1 aliphatic carbocycles. The van der Waals surface area contributed by atoms with Crippen molar-refractivity contribution in [2.75, 3.05) is 6.61 Å². The van der Waals surface area contributed by atoms with Crippen LogP contribution in [0.25, 0.3) is 0 Å². The van der Waals surface area contributed by atoms with Crippen LogP contribution in [0.15, 0.2) is 47.1 Å². The van der Waals surface area contributed by atoms with E-state index in [2.05, 4.69) is 6.58 Å². The van der Waals surface area contributed by atoms with Crippen LogP contribution in [-0.4, -0.2) is 59.1 Å². The van der Waals surface area contributed by atoms with Crippen molar-refractivity contribution in [3.8, 4) is 0 Å². The van der Waals surface area contributed by atoms with Gasteiger partial charge in [-0.15, -0.1) is 0 Å². The summed E-state index contributed by atoms with van der Waals surface area (Å²) in [6, 6.07) is 0. The Bertz CT molecular complexity index is 819. The summed E-state index contributed by atoms with van der Waals surface area (Å²) in [5.74, 6) is -2.36. The van der Waals surface area contributed by atoms with Crippen LogP contribution in [-0.2, 0) is 28.6 Å². The van der Waals surface area contributed by atoms with Gasteiger partial charge in [-0.05, 0) is 38.5 Å². The molecule has 8 nitrogen and oxygen atoms in total. The molecule has 0 saturated carbocycles. The lowest BCUT2D eigenvalue weighted by Crippen LogP contribution is -2.35. The topological polar surface area (TPSA) is 119 Å². The summed E-state index contributed by atoms with van der Waals surface area (Å²) in [7, 11) is 0. The van der Waals surface area contributed by atoms with E-state index in [0.717, 1.165) is 0 Å². The van der Waals surface area contributed by atoms with Crippen molar-refractivity contribution in [2.45, 2.75) is 58.5 Å². The van der Waals surface area contributed by atoms with Crippen molar-refractivity contribution in [2.24, 2.45) is 5.92 Å². The lowest BCUT2D eigenvalue weighted by Gasteiger charge is -2.29. The highest BCUT2D eigenvalue weighted by Gasteiger charge is 2.45. The zero-order valence-corrected chi connectivity index (χ0v) is 17.6. The Hall–Kier alpha value is -2.71. The third-order valence-electron chi connectivity index (χ3n) is 5.11. The fourth-order valence-corrected chi connectivity index (χ4v) is 3.42. The number of rotatable bonds is 4. The van der Waals surface area contributed by atoms with Gasteiger partial charge in [0.1, 0.15) is 31.0 Å². The zero-order chi connectivity index (χ0) is 22.6. The molecule has 2 N–H and O–H groups in total. The van der Waals surface area contributed by atoms with Gasteiger partial charge in [-0.1, -0.05) is 18.2 Å². The van der Waals surface area contributed by atoms with Crippen molar-refractivity contribution in [1.29, 1.82) is 0 Å². The largest absolute Gasteiger partial charge is 0.462 e. The van der Waals surface area contributed by atoms with Crippen LogP contribution in [0, 0.1) is 5.92 Å². The Morgan fingerprint density at radius 2 is 1.93 bits per heavy atom. The third kappa shape index (κ3) is 5.67. The molecule has 0 bridgehead atoms. The number of fused-ring (bicyclic) bond motifs is 1. The summed E-state index contributed by atoms with van der Waals surface area (Å²) in [5, 5.41) is 20.5. The first kappa shape index (κ1) is 23.6. The predicted octanol–water partition coefficient (Wildman–Crippen LogP) is 1.52. The SMILES string of the molecule is C=C1C(=O)O[C@@H]2/C=C(\C)[C@@H](O)[C@H](O)/C=C(\C)C[C@@H](OC(=O)/C(C)=C\COC(C)=O)[C@@H]12. The average Bonchev–Trinajstić information content (AvgIpc) is 2.92. The van der Waals surface area contributed by atoms with E-state index in [9.17, 15) is 24.6 Å². The summed E-state index contributed by atoms with van der Waals surface area (Å²) >= 11 is 0. The molecule has 2 rings (SSSR count). The summed E-state index contributed by atoms with van der Waals surface area (Å²) < 4.78 is 15.9. The first-order valence-electron chi connectivity index (χ1n) is 9.63. The van der Waals surface area contributed by atoms with E-state index in [1.807, 2.05) is 0 Å². The van der Waals surface area contributed by atoms with Gasteiger partial charge in [0, 0.05) is 24.5 Å². The maximum Gasteiger partial charge on any atom is 0.334 e. The van der Waals surface area contributed by atoms with Gasteiger partial charge in [-0.2, -0.15) is 0 Å². The van der Waals surface area contributed by atoms with E-state index in [1.165, 1.54) is 26.0 Å². The summed E-state index contributed by atoms with van der Waals surface area (Å²) in [5.41, 5.74) is 1.51. The second-order valence-corrected chi connectivity index (χ2v) is 7.62. The fraction of sp³-hybridized carbons (Fsp3) is 0.500. The molecular formula is C22H28O8. The minimum absolute atomic E-state index is 0.0633. The van der Waals surface area contributed by atoms with Crippen LogP contribution < -0.4 is 0 Å². The Kier molecular flexibility index (Phi) is 7.75. The Morgan fingerprint density at radius 3 is 2.57 bits per heavy atom. The number of ether oxygens (including phenoxy) is 3. The van der Waals surface area contributed by atoms with Gasteiger partial charge < -0.3 is 24.4 Å². The number of aliphatic hydroxyl groups excluding tert-OH is 2. The van der Waals surface area contributed by atoms with Gasteiger partial charge in [-0.25, -0.2) is 9.59 Å². The minimum atomic E-state index is -1.15. The van der Waals surface area contributed by atoms with Crippen LogP contribution in [0.1, 0.15) is 34.1 Å². The van der Waals surface area contributed by atoms with Gasteiger partial charge in [0.2, 0.25) is 0 Å². The summed E-state index contributed by atoms with van der Waals surface area (Å²) in [6.45, 7) is 9.88. The third-order valence-corrected chi connectivity index (χ3v) is 5.11. The molecule has 1 heterocycles. The lowest BCUT2D eigenvalue weighted by atomic mass is 9.84. The van der Waals surface area contributed by atoms with E-state index in [1.54, 1.807) is 19.9 Å². The highest BCUT2D eigenvalue weighted by molar-refractivity contribution is 5.92. The maximum absolute atomic E-state index is 12.6. The van der Waals surface area contributed by atoms with Crippen molar-refractivity contribution in [3.05, 3.63) is 47.1 Å². The van der Waals surface area contributed by atoms with E-state index in [4.69, 9.17) is 14.2 Å². The molecule has 5 atom stereocenters. The number of aliphatic hydroxyl groups is 2. The minimum Gasteiger partial charge on any atom is -0.462 e. The predicted molar refractivity (Wildman–Crippen MR) is 107 cm³/mol. The van der Waals surface area contributed by atoms with Crippen LogP contribution in [0.2, 0.25) is 0 Å². The highest BCUT2D eigenvalue weighted by atomic mass is 16.6. The molecule has 8 heteroatoms. The van der Waals surface area contributed by atoms with Crippen LogP contribution in [0.3, 0.4) is 0 Å². The molecule has 0 aromatic carbocycles. The number of carbonyl (C=O) groups is 3. The van der Waals surface area contributed by atoms with E-state index >= 15 is 0 Å². The van der Waals surface area contributed by atoms with E-state index < -0.39 is 48.2 Å². The van der Waals surface area contributed by atoms with Crippen molar-refractivity contribution in [1.82, 2.24) is 0 Å². The monoisotopic (exact) mass is 420 g/mol. The molecule has 164 valence electrons. The average molecular weight is 420 g/mol. The van der Waals surface area contributed by atoms with E-state index in [-0.39, 0.29) is 24.2 Å². The maximum atomic E-state index is 12.6. The van der Waals surface area contributed by atoms with Crippen LogP contribution in [0.4, 0.5) is 0 Å². The van der Waals surface area contributed by atoms with Gasteiger partial charge in [0.05, 0.1) is 5.92 Å². The lowest BCUT2D eigenvalue weighted by molar-refractivity contribution is -0.147. The van der Waals surface area contributed by atoms with Gasteiger partial charge >= 0.3 is 17.9 Å². The molecule has 0 aromatic heterocycles. The van der Waals surface area contributed by atoms with Crippen molar-refractivity contribution < 1.29 is 38.8 Å². The summed E-state index contributed by atoms with van der Waals surface area (Å²) in [4.78, 5) is 35.6. The highest BCUT2D eigenvalue weighted by Crippen LogP contribution is 2.36. The van der Waals surface area contributed by atoms with Crippen molar-refractivity contribution >= 4 is 17.9 Å². The molecule has 1 aliphatic heterocycles. The Labute approximate surface area is 175 Å². The van der Waals surface area contributed by atoms with Crippen LogP contribution in [0.5, 0.6) is 0 Å². The normalized spacial score (nSPS) is 33.4. The molecule has 0 radical (unpaired) electrons. The molecule has 0 spiro atoms. The molecule has 2 aliphatic rings. The first-order chi connectivity index (χ1) is 14.0.